The Bertz CT molecular complexity index is 650. The minimum Gasteiger partial charge on any atom is -0.325 e. The lowest BCUT2D eigenvalue weighted by Crippen LogP contribution is -2.37. The molecule has 0 aromatic heterocycles. The average molecular weight is 310 g/mol. The number of rotatable bonds is 6. The number of benzene rings is 2. The van der Waals surface area contributed by atoms with E-state index in [1.54, 1.807) is 0 Å². The highest BCUT2D eigenvalue weighted by Crippen LogP contribution is 2.16. The molecule has 0 radical (unpaired) electrons. The molecule has 0 atom stereocenters. The van der Waals surface area contributed by atoms with Crippen LogP contribution in [0.1, 0.15) is 30.5 Å². The van der Waals surface area contributed by atoms with Crippen LogP contribution in [-0.4, -0.2) is 23.4 Å². The SMILES string of the molecule is Cc1ccc(C)c(NC(=O)CN(Cc2ccccc2)C(C)C)c1. The Kier molecular flexibility index (Phi) is 5.94. The molecule has 0 aliphatic heterocycles. The van der Waals surface area contributed by atoms with Crippen LogP contribution in [0.15, 0.2) is 48.5 Å². The predicted molar refractivity (Wildman–Crippen MR) is 96.5 cm³/mol. The summed E-state index contributed by atoms with van der Waals surface area (Å²) in [5.74, 6) is 0.0309. The summed E-state index contributed by atoms with van der Waals surface area (Å²) in [4.78, 5) is 14.6. The molecule has 0 aliphatic carbocycles. The van der Waals surface area contributed by atoms with Crippen molar-refractivity contribution in [1.29, 1.82) is 0 Å². The summed E-state index contributed by atoms with van der Waals surface area (Å²) < 4.78 is 0. The van der Waals surface area contributed by atoms with Gasteiger partial charge in [-0.25, -0.2) is 0 Å². The van der Waals surface area contributed by atoms with Crippen LogP contribution < -0.4 is 5.32 Å². The lowest BCUT2D eigenvalue weighted by Gasteiger charge is -2.26. The second kappa shape index (κ2) is 7.93. The molecule has 2 aromatic carbocycles. The van der Waals surface area contributed by atoms with Gasteiger partial charge in [-0.2, -0.15) is 0 Å². The smallest absolute Gasteiger partial charge is 0.238 e. The number of amides is 1. The van der Waals surface area contributed by atoms with Crippen molar-refractivity contribution in [3.63, 3.8) is 0 Å². The average Bonchev–Trinajstić information content (AvgIpc) is 2.51. The summed E-state index contributed by atoms with van der Waals surface area (Å²) in [6, 6.07) is 16.7. The van der Waals surface area contributed by atoms with Gasteiger partial charge in [0.1, 0.15) is 0 Å². The third-order valence-corrected chi connectivity index (χ3v) is 3.97. The molecule has 0 heterocycles. The van der Waals surface area contributed by atoms with Crippen LogP contribution in [0.4, 0.5) is 5.69 Å². The topological polar surface area (TPSA) is 32.3 Å². The Hall–Kier alpha value is -2.13. The summed E-state index contributed by atoms with van der Waals surface area (Å²) in [7, 11) is 0. The summed E-state index contributed by atoms with van der Waals surface area (Å²) in [6.07, 6.45) is 0. The lowest BCUT2D eigenvalue weighted by molar-refractivity contribution is -0.117. The van der Waals surface area contributed by atoms with E-state index in [9.17, 15) is 4.79 Å². The van der Waals surface area contributed by atoms with E-state index in [4.69, 9.17) is 0 Å². The maximum atomic E-state index is 12.4. The van der Waals surface area contributed by atoms with Gasteiger partial charge in [0.15, 0.2) is 0 Å². The number of carbonyl (C=O) groups is 1. The van der Waals surface area contributed by atoms with Gasteiger partial charge < -0.3 is 5.32 Å². The molecule has 1 N–H and O–H groups in total. The second-order valence-corrected chi connectivity index (χ2v) is 6.35. The molecule has 0 fully saturated rings. The zero-order valence-electron chi connectivity index (χ0n) is 14.5. The summed E-state index contributed by atoms with van der Waals surface area (Å²) in [5.41, 5.74) is 4.36. The fourth-order valence-corrected chi connectivity index (χ4v) is 2.48. The zero-order chi connectivity index (χ0) is 16.8. The molecule has 1 amide bonds. The first kappa shape index (κ1) is 17.2. The summed E-state index contributed by atoms with van der Waals surface area (Å²) in [6.45, 7) is 9.45. The molecule has 0 aliphatic rings. The number of hydrogen-bond donors (Lipinski definition) is 1. The van der Waals surface area contributed by atoms with Crippen molar-refractivity contribution in [3.05, 3.63) is 65.2 Å². The van der Waals surface area contributed by atoms with Gasteiger partial charge in [-0.3, -0.25) is 9.69 Å². The van der Waals surface area contributed by atoms with E-state index in [0.29, 0.717) is 12.6 Å². The molecule has 0 bridgehead atoms. The summed E-state index contributed by atoms with van der Waals surface area (Å²) in [5, 5.41) is 3.04. The van der Waals surface area contributed by atoms with Crippen molar-refractivity contribution in [2.24, 2.45) is 0 Å². The monoisotopic (exact) mass is 310 g/mol. The van der Waals surface area contributed by atoms with E-state index in [1.165, 1.54) is 5.56 Å². The van der Waals surface area contributed by atoms with Crippen LogP contribution >= 0.6 is 0 Å². The first-order valence-electron chi connectivity index (χ1n) is 8.11. The van der Waals surface area contributed by atoms with Gasteiger partial charge in [-0.05, 0) is 50.5 Å². The van der Waals surface area contributed by atoms with Crippen LogP contribution in [0.3, 0.4) is 0 Å². The minimum absolute atomic E-state index is 0.0309. The van der Waals surface area contributed by atoms with Crippen molar-refractivity contribution in [2.45, 2.75) is 40.3 Å². The normalized spacial score (nSPS) is 11.0. The molecule has 23 heavy (non-hydrogen) atoms. The van der Waals surface area contributed by atoms with E-state index in [-0.39, 0.29) is 5.91 Å². The van der Waals surface area contributed by atoms with E-state index in [0.717, 1.165) is 23.4 Å². The number of anilines is 1. The zero-order valence-corrected chi connectivity index (χ0v) is 14.5. The Morgan fingerprint density at radius 2 is 1.78 bits per heavy atom. The molecule has 2 aromatic rings. The molecule has 0 unspecified atom stereocenters. The largest absolute Gasteiger partial charge is 0.325 e. The Morgan fingerprint density at radius 3 is 2.43 bits per heavy atom. The fraction of sp³-hybridized carbons (Fsp3) is 0.350. The van der Waals surface area contributed by atoms with Gasteiger partial charge in [-0.15, -0.1) is 0 Å². The predicted octanol–water partition coefficient (Wildman–Crippen LogP) is 4.15. The maximum absolute atomic E-state index is 12.4. The Morgan fingerprint density at radius 1 is 1.09 bits per heavy atom. The van der Waals surface area contributed by atoms with Crippen molar-refractivity contribution >= 4 is 11.6 Å². The minimum atomic E-state index is 0.0309. The van der Waals surface area contributed by atoms with Crippen LogP contribution in [0.2, 0.25) is 0 Å². The van der Waals surface area contributed by atoms with Crippen LogP contribution in [0, 0.1) is 13.8 Å². The number of nitrogens with zero attached hydrogens (tertiary/aromatic N) is 1. The van der Waals surface area contributed by atoms with Crippen molar-refractivity contribution in [3.8, 4) is 0 Å². The quantitative estimate of drug-likeness (QED) is 0.869. The van der Waals surface area contributed by atoms with Crippen molar-refractivity contribution < 1.29 is 4.79 Å². The highest BCUT2D eigenvalue weighted by atomic mass is 16.2. The molecule has 0 saturated heterocycles. The third kappa shape index (κ3) is 5.22. The van der Waals surface area contributed by atoms with Gasteiger partial charge in [0, 0.05) is 18.3 Å². The fourth-order valence-electron chi connectivity index (χ4n) is 2.48. The maximum Gasteiger partial charge on any atom is 0.238 e. The van der Waals surface area contributed by atoms with E-state index >= 15 is 0 Å². The van der Waals surface area contributed by atoms with Gasteiger partial charge in [0.25, 0.3) is 0 Å². The molecular formula is C20H26N2O. The standard InChI is InChI=1S/C20H26N2O/c1-15(2)22(13-18-8-6-5-7-9-18)14-20(23)21-19-12-16(3)10-11-17(19)4/h5-12,15H,13-14H2,1-4H3,(H,21,23). The molecular weight excluding hydrogens is 284 g/mol. The van der Waals surface area contributed by atoms with Gasteiger partial charge >= 0.3 is 0 Å². The first-order valence-corrected chi connectivity index (χ1v) is 8.11. The van der Waals surface area contributed by atoms with E-state index < -0.39 is 0 Å². The second-order valence-electron chi connectivity index (χ2n) is 6.35. The molecule has 3 nitrogen and oxygen atoms in total. The molecule has 3 heteroatoms. The van der Waals surface area contributed by atoms with Gasteiger partial charge in [0.2, 0.25) is 5.91 Å². The van der Waals surface area contributed by atoms with Crippen LogP contribution in [0.5, 0.6) is 0 Å². The van der Waals surface area contributed by atoms with Crippen molar-refractivity contribution in [1.82, 2.24) is 4.90 Å². The van der Waals surface area contributed by atoms with Crippen molar-refractivity contribution in [2.75, 3.05) is 11.9 Å². The molecule has 0 spiro atoms. The first-order chi connectivity index (χ1) is 11.0. The number of hydrogen-bond acceptors (Lipinski definition) is 2. The number of aryl methyl sites for hydroxylation is 2. The van der Waals surface area contributed by atoms with Crippen LogP contribution in [0.25, 0.3) is 0 Å². The van der Waals surface area contributed by atoms with Gasteiger partial charge in [0.05, 0.1) is 6.54 Å². The number of nitrogens with one attached hydrogen (secondary N) is 1. The highest BCUT2D eigenvalue weighted by molar-refractivity contribution is 5.93. The third-order valence-electron chi connectivity index (χ3n) is 3.97. The Balaban J connectivity index is 2.02. The van der Waals surface area contributed by atoms with E-state index in [2.05, 4.69) is 42.3 Å². The Labute approximate surface area is 139 Å². The lowest BCUT2D eigenvalue weighted by atomic mass is 10.1. The van der Waals surface area contributed by atoms with E-state index in [1.807, 2.05) is 44.2 Å². The number of carbonyl (C=O) groups excluding carboxylic acids is 1. The molecule has 122 valence electrons. The van der Waals surface area contributed by atoms with Crippen LogP contribution in [-0.2, 0) is 11.3 Å². The highest BCUT2D eigenvalue weighted by Gasteiger charge is 2.15. The summed E-state index contributed by atoms with van der Waals surface area (Å²) >= 11 is 0. The van der Waals surface area contributed by atoms with Gasteiger partial charge in [-0.1, -0.05) is 42.5 Å². The molecule has 0 saturated carbocycles. The molecule has 2 rings (SSSR count).